The SMILES string of the molecule is COc1ccc(S(=O)(=O)N2CCCC(C(=O)Nc3c(C)cc(C)cc3C)C2)cc1C. The van der Waals surface area contributed by atoms with E-state index in [-0.39, 0.29) is 23.3 Å². The summed E-state index contributed by atoms with van der Waals surface area (Å²) in [6.07, 6.45) is 1.32. The Morgan fingerprint density at radius 2 is 1.73 bits per heavy atom. The molecule has 1 heterocycles. The van der Waals surface area contributed by atoms with Crippen molar-refractivity contribution in [3.63, 3.8) is 0 Å². The van der Waals surface area contributed by atoms with Crippen LogP contribution in [0.2, 0.25) is 0 Å². The predicted octanol–water partition coefficient (Wildman–Crippen LogP) is 3.97. The number of hydrogen-bond donors (Lipinski definition) is 1. The summed E-state index contributed by atoms with van der Waals surface area (Å²) in [5.41, 5.74) is 4.74. The zero-order valence-corrected chi connectivity index (χ0v) is 19.1. The first-order chi connectivity index (χ1) is 14.1. The summed E-state index contributed by atoms with van der Waals surface area (Å²) in [5, 5.41) is 3.03. The van der Waals surface area contributed by atoms with Crippen LogP contribution in [0, 0.1) is 33.6 Å². The molecule has 0 spiro atoms. The van der Waals surface area contributed by atoms with Crippen LogP contribution in [0.4, 0.5) is 5.69 Å². The molecule has 2 aromatic rings. The summed E-state index contributed by atoms with van der Waals surface area (Å²) in [7, 11) is -2.12. The first kappa shape index (κ1) is 22.3. The number of amides is 1. The first-order valence-corrected chi connectivity index (χ1v) is 11.6. The van der Waals surface area contributed by atoms with Crippen LogP contribution in [0.25, 0.3) is 0 Å². The quantitative estimate of drug-likeness (QED) is 0.779. The molecule has 1 saturated heterocycles. The molecular weight excluding hydrogens is 400 g/mol. The minimum Gasteiger partial charge on any atom is -0.496 e. The van der Waals surface area contributed by atoms with Crippen molar-refractivity contribution < 1.29 is 17.9 Å². The summed E-state index contributed by atoms with van der Waals surface area (Å²) < 4.78 is 33.0. The maximum Gasteiger partial charge on any atom is 0.243 e. The second-order valence-electron chi connectivity index (χ2n) is 8.10. The number of aryl methyl sites for hydroxylation is 4. The molecule has 0 saturated carbocycles. The van der Waals surface area contributed by atoms with E-state index in [1.165, 1.54) is 4.31 Å². The number of carbonyl (C=O) groups excluding carboxylic acids is 1. The summed E-state index contributed by atoms with van der Waals surface area (Å²) in [6.45, 7) is 8.38. The van der Waals surface area contributed by atoms with Gasteiger partial charge in [-0.2, -0.15) is 4.31 Å². The first-order valence-electron chi connectivity index (χ1n) is 10.2. The molecule has 162 valence electrons. The Morgan fingerprint density at radius 3 is 2.33 bits per heavy atom. The Bertz CT molecular complexity index is 1040. The molecule has 1 N–H and O–H groups in total. The molecule has 6 nitrogen and oxygen atoms in total. The van der Waals surface area contributed by atoms with E-state index in [2.05, 4.69) is 5.32 Å². The zero-order valence-electron chi connectivity index (χ0n) is 18.3. The third kappa shape index (κ3) is 4.52. The number of piperidine rings is 1. The molecular formula is C23H30N2O4S. The van der Waals surface area contributed by atoms with Gasteiger partial charge in [-0.1, -0.05) is 17.7 Å². The van der Waals surface area contributed by atoms with Crippen molar-refractivity contribution >= 4 is 21.6 Å². The minimum absolute atomic E-state index is 0.129. The van der Waals surface area contributed by atoms with Crippen LogP contribution in [-0.2, 0) is 14.8 Å². The molecule has 0 aliphatic carbocycles. The zero-order chi connectivity index (χ0) is 22.1. The summed E-state index contributed by atoms with van der Waals surface area (Å²) in [5.74, 6) is 0.137. The average Bonchev–Trinajstić information content (AvgIpc) is 2.70. The van der Waals surface area contributed by atoms with Crippen LogP contribution in [0.1, 0.15) is 35.1 Å². The van der Waals surface area contributed by atoms with E-state index in [9.17, 15) is 13.2 Å². The van der Waals surface area contributed by atoms with E-state index < -0.39 is 10.0 Å². The van der Waals surface area contributed by atoms with Gasteiger partial charge in [0.05, 0.1) is 17.9 Å². The van der Waals surface area contributed by atoms with Gasteiger partial charge in [-0.15, -0.1) is 0 Å². The molecule has 1 atom stereocenters. The van der Waals surface area contributed by atoms with Gasteiger partial charge in [0.25, 0.3) is 0 Å². The monoisotopic (exact) mass is 430 g/mol. The molecule has 3 rings (SSSR count). The van der Waals surface area contributed by atoms with E-state index >= 15 is 0 Å². The minimum atomic E-state index is -3.67. The van der Waals surface area contributed by atoms with Gasteiger partial charge in [0, 0.05) is 18.8 Å². The van der Waals surface area contributed by atoms with Gasteiger partial charge in [-0.05, 0) is 75.4 Å². The Kier molecular flexibility index (Phi) is 6.53. The predicted molar refractivity (Wildman–Crippen MR) is 118 cm³/mol. The maximum absolute atomic E-state index is 13.2. The number of rotatable bonds is 5. The van der Waals surface area contributed by atoms with E-state index in [1.807, 2.05) is 39.8 Å². The van der Waals surface area contributed by atoms with Gasteiger partial charge < -0.3 is 10.1 Å². The largest absolute Gasteiger partial charge is 0.496 e. The molecule has 1 unspecified atom stereocenters. The van der Waals surface area contributed by atoms with E-state index in [0.29, 0.717) is 25.1 Å². The van der Waals surface area contributed by atoms with E-state index in [4.69, 9.17) is 4.74 Å². The van der Waals surface area contributed by atoms with Crippen LogP contribution in [0.15, 0.2) is 35.2 Å². The topological polar surface area (TPSA) is 75.7 Å². The summed E-state index contributed by atoms with van der Waals surface area (Å²) in [4.78, 5) is 13.2. The second-order valence-corrected chi connectivity index (χ2v) is 10.0. The standard InChI is InChI=1S/C23H30N2O4S/c1-15-11-17(3)22(18(4)12-15)24-23(26)19-7-6-10-25(14-19)30(27,28)20-8-9-21(29-5)16(2)13-20/h8-9,11-13,19H,6-7,10,14H2,1-5H3,(H,24,26). The van der Waals surface area contributed by atoms with Crippen molar-refractivity contribution in [3.8, 4) is 5.75 Å². The number of benzene rings is 2. The fourth-order valence-electron chi connectivity index (χ4n) is 4.14. The van der Waals surface area contributed by atoms with Crippen molar-refractivity contribution in [3.05, 3.63) is 52.6 Å². The van der Waals surface area contributed by atoms with Crippen molar-refractivity contribution in [2.45, 2.75) is 45.4 Å². The van der Waals surface area contributed by atoms with Crippen molar-refractivity contribution in [1.82, 2.24) is 4.31 Å². The molecule has 0 bridgehead atoms. The number of methoxy groups -OCH3 is 1. The fraction of sp³-hybridized carbons (Fsp3) is 0.435. The summed E-state index contributed by atoms with van der Waals surface area (Å²) >= 11 is 0. The van der Waals surface area contributed by atoms with Gasteiger partial charge in [0.15, 0.2) is 0 Å². The Labute approximate surface area is 179 Å². The Balaban J connectivity index is 1.78. The van der Waals surface area contributed by atoms with Gasteiger partial charge in [-0.3, -0.25) is 4.79 Å². The maximum atomic E-state index is 13.2. The van der Waals surface area contributed by atoms with Crippen LogP contribution < -0.4 is 10.1 Å². The third-order valence-corrected chi connectivity index (χ3v) is 7.55. The lowest BCUT2D eigenvalue weighted by Crippen LogP contribution is -2.43. The van der Waals surface area contributed by atoms with Crippen LogP contribution in [0.3, 0.4) is 0 Å². The number of carbonyl (C=O) groups is 1. The molecule has 2 aromatic carbocycles. The highest BCUT2D eigenvalue weighted by Gasteiger charge is 2.33. The van der Waals surface area contributed by atoms with Crippen LogP contribution in [-0.4, -0.2) is 38.8 Å². The molecule has 1 fully saturated rings. The number of nitrogens with one attached hydrogen (secondary N) is 1. The van der Waals surface area contributed by atoms with E-state index in [0.717, 1.165) is 27.9 Å². The van der Waals surface area contributed by atoms with Crippen LogP contribution >= 0.6 is 0 Å². The number of ether oxygens (including phenoxy) is 1. The normalized spacial score (nSPS) is 17.6. The van der Waals surface area contributed by atoms with Gasteiger partial charge in [-0.25, -0.2) is 8.42 Å². The van der Waals surface area contributed by atoms with E-state index in [1.54, 1.807) is 25.3 Å². The molecule has 1 aliphatic heterocycles. The summed E-state index contributed by atoms with van der Waals surface area (Å²) in [6, 6.07) is 8.92. The lowest BCUT2D eigenvalue weighted by Gasteiger charge is -2.31. The number of anilines is 1. The highest BCUT2D eigenvalue weighted by atomic mass is 32.2. The number of sulfonamides is 1. The van der Waals surface area contributed by atoms with Gasteiger partial charge in [0.1, 0.15) is 5.75 Å². The molecule has 0 aromatic heterocycles. The smallest absolute Gasteiger partial charge is 0.243 e. The number of hydrogen-bond acceptors (Lipinski definition) is 4. The molecule has 30 heavy (non-hydrogen) atoms. The van der Waals surface area contributed by atoms with Crippen molar-refractivity contribution in [1.29, 1.82) is 0 Å². The lowest BCUT2D eigenvalue weighted by atomic mass is 9.98. The average molecular weight is 431 g/mol. The van der Waals surface area contributed by atoms with Crippen molar-refractivity contribution in [2.75, 3.05) is 25.5 Å². The number of nitrogens with zero attached hydrogens (tertiary/aromatic N) is 1. The van der Waals surface area contributed by atoms with Gasteiger partial charge in [0.2, 0.25) is 15.9 Å². The molecule has 0 radical (unpaired) electrons. The Morgan fingerprint density at radius 1 is 1.07 bits per heavy atom. The molecule has 7 heteroatoms. The fourth-order valence-corrected chi connectivity index (χ4v) is 5.75. The van der Waals surface area contributed by atoms with Gasteiger partial charge >= 0.3 is 0 Å². The Hall–Kier alpha value is -2.38. The molecule has 1 amide bonds. The highest BCUT2D eigenvalue weighted by Crippen LogP contribution is 2.29. The third-order valence-electron chi connectivity index (χ3n) is 5.68. The lowest BCUT2D eigenvalue weighted by molar-refractivity contribution is -0.120. The highest BCUT2D eigenvalue weighted by molar-refractivity contribution is 7.89. The molecule has 1 aliphatic rings. The second kappa shape index (κ2) is 8.78. The van der Waals surface area contributed by atoms with Crippen LogP contribution in [0.5, 0.6) is 5.75 Å². The van der Waals surface area contributed by atoms with Crippen molar-refractivity contribution in [2.24, 2.45) is 5.92 Å².